The van der Waals surface area contributed by atoms with Gasteiger partial charge in [-0.25, -0.2) is 9.59 Å². The smallest absolute Gasteiger partial charge is 0.338 e. The molecule has 4 aromatic carbocycles. The highest BCUT2D eigenvalue weighted by Crippen LogP contribution is 2.38. The van der Waals surface area contributed by atoms with E-state index in [0.29, 0.717) is 11.1 Å². The maximum absolute atomic E-state index is 13.4. The lowest BCUT2D eigenvalue weighted by molar-refractivity contribution is -0.224. The second kappa shape index (κ2) is 14.1. The molecular formula is C33H30O7S. The molecule has 1 N–H and O–H groups in total. The van der Waals surface area contributed by atoms with E-state index in [-0.39, 0.29) is 6.61 Å². The molecule has 8 heteroatoms. The lowest BCUT2D eigenvalue weighted by Gasteiger charge is -2.44. The maximum atomic E-state index is 13.4. The van der Waals surface area contributed by atoms with Gasteiger partial charge in [-0.05, 0) is 42.0 Å². The largest absolute Gasteiger partial charge is 0.452 e. The summed E-state index contributed by atoms with van der Waals surface area (Å²) in [5.74, 6) is -1.20. The number of hydrogen-bond donors (Lipinski definition) is 1. The maximum Gasteiger partial charge on any atom is 0.338 e. The van der Waals surface area contributed by atoms with Crippen molar-refractivity contribution in [2.24, 2.45) is 0 Å². The van der Waals surface area contributed by atoms with Crippen LogP contribution in [-0.4, -0.2) is 53.5 Å². The lowest BCUT2D eigenvalue weighted by atomic mass is 9.99. The number of rotatable bonds is 10. The molecule has 0 aliphatic carbocycles. The van der Waals surface area contributed by atoms with Crippen LogP contribution in [0, 0.1) is 0 Å². The van der Waals surface area contributed by atoms with E-state index in [1.54, 1.807) is 60.7 Å². The first-order chi connectivity index (χ1) is 20.1. The molecule has 0 radical (unpaired) electrons. The predicted octanol–water partition coefficient (Wildman–Crippen LogP) is 5.53. The van der Waals surface area contributed by atoms with Crippen LogP contribution in [0.1, 0.15) is 26.3 Å². The number of thioether (sulfide) groups is 1. The topological polar surface area (TPSA) is 91.3 Å². The van der Waals surface area contributed by atoms with Gasteiger partial charge in [0.05, 0.1) is 24.3 Å². The molecule has 5 rings (SSSR count). The standard InChI is InChI=1S/C33H30O7S/c34-21-27-28(37-22-23-13-5-1-6-14-23)29(39-31(35)24-15-7-2-8-16-24)30(40-32(36)25-17-9-3-10-18-25)33(38-27)41-26-19-11-4-12-20-26/h1-20,27-30,33-34H,21-22H2/t27-,28-,29+,30-,33+/m1/s1. The van der Waals surface area contributed by atoms with E-state index in [0.717, 1.165) is 10.5 Å². The number of carbonyl (C=O) groups excluding carboxylic acids is 2. The van der Waals surface area contributed by atoms with Gasteiger partial charge in [-0.2, -0.15) is 0 Å². The summed E-state index contributed by atoms with van der Waals surface area (Å²) in [6, 6.07) is 36.1. The molecule has 1 heterocycles. The molecular weight excluding hydrogens is 540 g/mol. The Balaban J connectivity index is 1.51. The van der Waals surface area contributed by atoms with Crippen molar-refractivity contribution in [3.8, 4) is 0 Å². The summed E-state index contributed by atoms with van der Waals surface area (Å²) in [6.45, 7) is -0.232. The number of aliphatic hydroxyl groups excluding tert-OH is 1. The molecule has 41 heavy (non-hydrogen) atoms. The zero-order valence-corrected chi connectivity index (χ0v) is 23.0. The highest BCUT2D eigenvalue weighted by molar-refractivity contribution is 7.99. The number of hydrogen-bond acceptors (Lipinski definition) is 8. The fraction of sp³-hybridized carbons (Fsp3) is 0.212. The Labute approximate surface area is 243 Å². The van der Waals surface area contributed by atoms with Crippen LogP contribution in [0.5, 0.6) is 0 Å². The Morgan fingerprint density at radius 3 is 1.68 bits per heavy atom. The molecule has 4 aromatic rings. The normalized spacial score (nSPS) is 22.0. The van der Waals surface area contributed by atoms with Gasteiger partial charge in [0.1, 0.15) is 17.6 Å². The third-order valence-electron chi connectivity index (χ3n) is 6.56. The molecule has 0 saturated carbocycles. The average Bonchev–Trinajstić information content (AvgIpc) is 3.03. The Morgan fingerprint density at radius 1 is 0.659 bits per heavy atom. The summed E-state index contributed by atoms with van der Waals surface area (Å²) in [7, 11) is 0. The molecule has 1 fully saturated rings. The van der Waals surface area contributed by atoms with Crippen LogP contribution in [-0.2, 0) is 25.6 Å². The molecule has 0 amide bonds. The van der Waals surface area contributed by atoms with Crippen molar-refractivity contribution < 1.29 is 33.6 Å². The van der Waals surface area contributed by atoms with Crippen molar-refractivity contribution in [3.63, 3.8) is 0 Å². The third-order valence-corrected chi connectivity index (χ3v) is 7.71. The summed E-state index contributed by atoms with van der Waals surface area (Å²) in [5, 5.41) is 10.4. The second-order valence-corrected chi connectivity index (χ2v) is 10.6. The van der Waals surface area contributed by atoms with Crippen molar-refractivity contribution in [2.75, 3.05) is 6.61 Å². The first kappa shape index (κ1) is 28.6. The summed E-state index contributed by atoms with van der Waals surface area (Å²) < 4.78 is 24.7. The van der Waals surface area contributed by atoms with Crippen molar-refractivity contribution in [2.45, 2.75) is 41.4 Å². The Hall–Kier alpha value is -3.95. The Kier molecular flexibility index (Phi) is 9.82. The molecule has 0 unspecified atom stereocenters. The molecule has 0 spiro atoms. The van der Waals surface area contributed by atoms with Crippen LogP contribution in [0.4, 0.5) is 0 Å². The highest BCUT2D eigenvalue weighted by Gasteiger charge is 2.51. The zero-order valence-electron chi connectivity index (χ0n) is 22.2. The van der Waals surface area contributed by atoms with E-state index in [2.05, 4.69) is 0 Å². The van der Waals surface area contributed by atoms with Gasteiger partial charge in [0, 0.05) is 4.90 Å². The van der Waals surface area contributed by atoms with Crippen molar-refractivity contribution in [1.82, 2.24) is 0 Å². The van der Waals surface area contributed by atoms with E-state index < -0.39 is 48.4 Å². The van der Waals surface area contributed by atoms with Gasteiger partial charge in [-0.15, -0.1) is 0 Å². The summed E-state index contributed by atoms with van der Waals surface area (Å²) in [6.07, 6.45) is -3.95. The fourth-order valence-corrected chi connectivity index (χ4v) is 5.64. The van der Waals surface area contributed by atoms with Crippen molar-refractivity contribution in [3.05, 3.63) is 138 Å². The van der Waals surface area contributed by atoms with Gasteiger partial charge in [-0.1, -0.05) is 96.7 Å². The average molecular weight is 571 g/mol. The van der Waals surface area contributed by atoms with Crippen LogP contribution < -0.4 is 0 Å². The van der Waals surface area contributed by atoms with Crippen LogP contribution >= 0.6 is 11.8 Å². The molecule has 5 atom stereocenters. The van der Waals surface area contributed by atoms with E-state index in [9.17, 15) is 14.7 Å². The fourth-order valence-electron chi connectivity index (χ4n) is 4.51. The molecule has 7 nitrogen and oxygen atoms in total. The number of benzene rings is 4. The quantitative estimate of drug-likeness (QED) is 0.249. The minimum atomic E-state index is -1.09. The Bertz CT molecular complexity index is 1390. The van der Waals surface area contributed by atoms with Crippen LogP contribution in [0.2, 0.25) is 0 Å². The van der Waals surface area contributed by atoms with Crippen molar-refractivity contribution in [1.29, 1.82) is 0 Å². The Morgan fingerprint density at radius 2 is 1.15 bits per heavy atom. The second-order valence-electron chi connectivity index (χ2n) is 9.39. The first-order valence-electron chi connectivity index (χ1n) is 13.3. The molecule has 1 saturated heterocycles. The molecule has 1 aliphatic heterocycles. The monoisotopic (exact) mass is 570 g/mol. The van der Waals surface area contributed by atoms with Crippen molar-refractivity contribution >= 4 is 23.7 Å². The van der Waals surface area contributed by atoms with Gasteiger partial charge in [0.2, 0.25) is 0 Å². The molecule has 210 valence electrons. The van der Waals surface area contributed by atoms with E-state index in [1.165, 1.54) is 11.8 Å². The third kappa shape index (κ3) is 7.42. The van der Waals surface area contributed by atoms with Crippen LogP contribution in [0.25, 0.3) is 0 Å². The molecule has 0 aromatic heterocycles. The SMILES string of the molecule is O=C(O[C@@H]1[C@@H](OC(=O)c2ccccc2)[C@H](Sc2ccccc2)O[C@H](CO)[C@H]1OCc1ccccc1)c1ccccc1. The van der Waals surface area contributed by atoms with E-state index in [4.69, 9.17) is 18.9 Å². The van der Waals surface area contributed by atoms with E-state index >= 15 is 0 Å². The molecule has 0 bridgehead atoms. The first-order valence-corrected chi connectivity index (χ1v) is 14.2. The highest BCUT2D eigenvalue weighted by atomic mass is 32.2. The van der Waals surface area contributed by atoms with Gasteiger partial charge in [-0.3, -0.25) is 0 Å². The van der Waals surface area contributed by atoms with Gasteiger partial charge in [0.15, 0.2) is 12.2 Å². The molecule has 1 aliphatic rings. The summed E-state index contributed by atoms with van der Waals surface area (Å²) in [4.78, 5) is 27.6. The lowest BCUT2D eigenvalue weighted by Crippen LogP contribution is -2.61. The van der Waals surface area contributed by atoms with Crippen LogP contribution in [0.15, 0.2) is 126 Å². The van der Waals surface area contributed by atoms with Crippen LogP contribution in [0.3, 0.4) is 0 Å². The minimum Gasteiger partial charge on any atom is -0.452 e. The summed E-state index contributed by atoms with van der Waals surface area (Å²) >= 11 is 1.31. The number of aliphatic hydroxyl groups is 1. The summed E-state index contributed by atoms with van der Waals surface area (Å²) in [5.41, 5.74) is 0.750. The van der Waals surface area contributed by atoms with Gasteiger partial charge in [0.25, 0.3) is 0 Å². The zero-order chi connectivity index (χ0) is 28.4. The number of carbonyl (C=O) groups is 2. The number of ether oxygens (including phenoxy) is 4. The van der Waals surface area contributed by atoms with Gasteiger partial charge >= 0.3 is 11.9 Å². The number of esters is 2. The minimum absolute atomic E-state index is 0.167. The van der Waals surface area contributed by atoms with E-state index in [1.807, 2.05) is 60.7 Å². The van der Waals surface area contributed by atoms with Gasteiger partial charge < -0.3 is 24.1 Å². The predicted molar refractivity (Wildman–Crippen MR) is 154 cm³/mol.